The van der Waals surface area contributed by atoms with Gasteiger partial charge in [-0.25, -0.2) is 4.98 Å². The van der Waals surface area contributed by atoms with E-state index in [0.717, 1.165) is 22.3 Å². The third kappa shape index (κ3) is 3.88. The molecule has 0 radical (unpaired) electrons. The van der Waals surface area contributed by atoms with Crippen molar-refractivity contribution in [3.05, 3.63) is 60.4 Å². The van der Waals surface area contributed by atoms with Crippen molar-refractivity contribution >= 4 is 11.0 Å². The van der Waals surface area contributed by atoms with Crippen molar-refractivity contribution < 1.29 is 14.6 Å². The molecule has 0 aliphatic rings. The zero-order chi connectivity index (χ0) is 16.1. The molecule has 120 valence electrons. The van der Waals surface area contributed by atoms with Crippen LogP contribution in [0.4, 0.5) is 0 Å². The zero-order valence-electron chi connectivity index (χ0n) is 13.1. The molecule has 0 saturated carbocycles. The Labute approximate surface area is 135 Å². The van der Waals surface area contributed by atoms with Crippen LogP contribution in [0.15, 0.2) is 54.9 Å². The molecule has 0 aliphatic carbocycles. The Bertz CT molecular complexity index is 752. The quantitative estimate of drug-likeness (QED) is 0.728. The molecule has 1 N–H and O–H groups in total. The van der Waals surface area contributed by atoms with Crippen molar-refractivity contribution in [1.82, 2.24) is 9.55 Å². The van der Waals surface area contributed by atoms with Crippen LogP contribution >= 0.6 is 0 Å². The summed E-state index contributed by atoms with van der Waals surface area (Å²) in [6, 6.07) is 15.6. The summed E-state index contributed by atoms with van der Waals surface area (Å²) in [5.41, 5.74) is 2.99. The first-order valence-electron chi connectivity index (χ1n) is 7.55. The summed E-state index contributed by atoms with van der Waals surface area (Å²) in [7, 11) is 1.64. The number of rotatable bonds is 7. The molecule has 1 atom stereocenters. The Hall–Kier alpha value is -2.37. The van der Waals surface area contributed by atoms with Gasteiger partial charge in [-0.2, -0.15) is 0 Å². The summed E-state index contributed by atoms with van der Waals surface area (Å²) in [4.78, 5) is 4.32. The molecule has 0 bridgehead atoms. The molecule has 1 aromatic heterocycles. The Morgan fingerprint density at radius 3 is 2.70 bits per heavy atom. The number of imidazole rings is 1. The molecular formula is C18H20N2O3. The average Bonchev–Trinajstić information content (AvgIpc) is 2.99. The van der Waals surface area contributed by atoms with E-state index in [2.05, 4.69) is 4.98 Å². The summed E-state index contributed by atoms with van der Waals surface area (Å²) in [6.07, 6.45) is 1.17. The second kappa shape index (κ2) is 7.26. The van der Waals surface area contributed by atoms with Crippen LogP contribution in [0, 0.1) is 0 Å². The van der Waals surface area contributed by atoms with E-state index in [9.17, 15) is 5.11 Å². The number of aliphatic hydroxyl groups excluding tert-OH is 1. The number of aromatic nitrogens is 2. The highest BCUT2D eigenvalue weighted by molar-refractivity contribution is 5.74. The summed E-state index contributed by atoms with van der Waals surface area (Å²) >= 11 is 0. The molecule has 1 heterocycles. The molecule has 3 rings (SSSR count). The Kier molecular flexibility index (Phi) is 4.90. The monoisotopic (exact) mass is 312 g/mol. The van der Waals surface area contributed by atoms with Crippen LogP contribution in [0.3, 0.4) is 0 Å². The predicted molar refractivity (Wildman–Crippen MR) is 88.4 cm³/mol. The fourth-order valence-corrected chi connectivity index (χ4v) is 2.47. The van der Waals surface area contributed by atoms with E-state index in [1.165, 1.54) is 0 Å². The minimum atomic E-state index is -0.578. The Morgan fingerprint density at radius 2 is 1.91 bits per heavy atom. The molecule has 0 unspecified atom stereocenters. The number of aliphatic hydroxyl groups is 1. The van der Waals surface area contributed by atoms with Gasteiger partial charge in [0.2, 0.25) is 0 Å². The van der Waals surface area contributed by atoms with Gasteiger partial charge in [0, 0.05) is 0 Å². The van der Waals surface area contributed by atoms with E-state index in [0.29, 0.717) is 13.2 Å². The standard InChI is InChI=1S/C18H20N2O3/c1-22-16-8-6-14(7-9-16)11-23-12-15(21)10-20-13-19-17-4-2-3-5-18(17)20/h2-9,13,15,21H,10-12H2,1H3/t15-/m1/s1. The van der Waals surface area contributed by atoms with Crippen molar-refractivity contribution in [2.75, 3.05) is 13.7 Å². The normalized spacial score (nSPS) is 12.4. The number of nitrogens with zero attached hydrogens (tertiary/aromatic N) is 2. The maximum Gasteiger partial charge on any atom is 0.118 e. The van der Waals surface area contributed by atoms with E-state index in [1.54, 1.807) is 13.4 Å². The summed E-state index contributed by atoms with van der Waals surface area (Å²) < 4.78 is 12.6. The van der Waals surface area contributed by atoms with Crippen LogP contribution in [0.1, 0.15) is 5.56 Å². The molecule has 23 heavy (non-hydrogen) atoms. The van der Waals surface area contributed by atoms with Crippen LogP contribution in [-0.2, 0) is 17.9 Å². The van der Waals surface area contributed by atoms with Crippen LogP contribution < -0.4 is 4.74 Å². The van der Waals surface area contributed by atoms with Gasteiger partial charge < -0.3 is 19.1 Å². The molecular weight excluding hydrogens is 292 g/mol. The molecule has 0 fully saturated rings. The van der Waals surface area contributed by atoms with Gasteiger partial charge in [-0.15, -0.1) is 0 Å². The van der Waals surface area contributed by atoms with Crippen molar-refractivity contribution in [3.8, 4) is 5.75 Å². The van der Waals surface area contributed by atoms with Gasteiger partial charge in [-0.3, -0.25) is 0 Å². The Balaban J connectivity index is 1.50. The van der Waals surface area contributed by atoms with Gasteiger partial charge in [-0.1, -0.05) is 24.3 Å². The van der Waals surface area contributed by atoms with Crippen LogP contribution in [0.25, 0.3) is 11.0 Å². The fourth-order valence-electron chi connectivity index (χ4n) is 2.47. The van der Waals surface area contributed by atoms with Gasteiger partial charge in [0.25, 0.3) is 0 Å². The first-order valence-corrected chi connectivity index (χ1v) is 7.55. The number of ether oxygens (including phenoxy) is 2. The average molecular weight is 312 g/mol. The van der Waals surface area contributed by atoms with E-state index in [-0.39, 0.29) is 6.61 Å². The fraction of sp³-hybridized carbons (Fsp3) is 0.278. The van der Waals surface area contributed by atoms with Gasteiger partial charge in [-0.05, 0) is 29.8 Å². The van der Waals surface area contributed by atoms with E-state index < -0.39 is 6.10 Å². The lowest BCUT2D eigenvalue weighted by Gasteiger charge is -2.13. The van der Waals surface area contributed by atoms with Crippen LogP contribution in [-0.4, -0.2) is 34.5 Å². The SMILES string of the molecule is COc1ccc(COC[C@H](O)Cn2cnc3ccccc32)cc1. The highest BCUT2D eigenvalue weighted by Crippen LogP contribution is 2.13. The molecule has 0 spiro atoms. The largest absolute Gasteiger partial charge is 0.497 e. The number of hydrogen-bond acceptors (Lipinski definition) is 4. The highest BCUT2D eigenvalue weighted by Gasteiger charge is 2.08. The summed E-state index contributed by atoms with van der Waals surface area (Å²) in [5, 5.41) is 10.1. The van der Waals surface area contributed by atoms with E-state index in [4.69, 9.17) is 9.47 Å². The lowest BCUT2D eigenvalue weighted by molar-refractivity contribution is 0.0208. The molecule has 2 aromatic carbocycles. The maximum atomic E-state index is 10.1. The molecule has 5 heteroatoms. The molecule has 0 saturated heterocycles. The highest BCUT2D eigenvalue weighted by atomic mass is 16.5. The summed E-state index contributed by atoms with van der Waals surface area (Å²) in [6.45, 7) is 1.20. The minimum Gasteiger partial charge on any atom is -0.497 e. The third-order valence-corrected chi connectivity index (χ3v) is 3.67. The van der Waals surface area contributed by atoms with Crippen molar-refractivity contribution in [2.45, 2.75) is 19.3 Å². The number of para-hydroxylation sites is 2. The summed E-state index contributed by atoms with van der Waals surface area (Å²) in [5.74, 6) is 0.820. The number of benzene rings is 2. The van der Waals surface area contributed by atoms with Gasteiger partial charge >= 0.3 is 0 Å². The van der Waals surface area contributed by atoms with E-state index >= 15 is 0 Å². The maximum absolute atomic E-state index is 10.1. The second-order valence-corrected chi connectivity index (χ2v) is 5.40. The number of methoxy groups -OCH3 is 1. The number of fused-ring (bicyclic) bond motifs is 1. The molecule has 0 amide bonds. The molecule has 3 aromatic rings. The lowest BCUT2D eigenvalue weighted by Crippen LogP contribution is -2.21. The van der Waals surface area contributed by atoms with Gasteiger partial charge in [0.1, 0.15) is 5.75 Å². The van der Waals surface area contributed by atoms with E-state index in [1.807, 2.05) is 53.1 Å². The number of hydrogen-bond donors (Lipinski definition) is 1. The smallest absolute Gasteiger partial charge is 0.118 e. The molecule has 0 aliphatic heterocycles. The van der Waals surface area contributed by atoms with Gasteiger partial charge in [0.05, 0.1) is 50.3 Å². The minimum absolute atomic E-state index is 0.276. The van der Waals surface area contributed by atoms with Crippen LogP contribution in [0.5, 0.6) is 5.75 Å². The van der Waals surface area contributed by atoms with Crippen molar-refractivity contribution in [2.24, 2.45) is 0 Å². The zero-order valence-corrected chi connectivity index (χ0v) is 13.1. The first-order chi connectivity index (χ1) is 11.3. The second-order valence-electron chi connectivity index (χ2n) is 5.40. The molecule has 5 nitrogen and oxygen atoms in total. The van der Waals surface area contributed by atoms with Crippen molar-refractivity contribution in [1.29, 1.82) is 0 Å². The van der Waals surface area contributed by atoms with Gasteiger partial charge in [0.15, 0.2) is 0 Å². The topological polar surface area (TPSA) is 56.5 Å². The predicted octanol–water partition coefficient (Wildman–Crippen LogP) is 2.62. The lowest BCUT2D eigenvalue weighted by atomic mass is 10.2. The third-order valence-electron chi connectivity index (χ3n) is 3.67. The Morgan fingerprint density at radius 1 is 1.13 bits per heavy atom. The van der Waals surface area contributed by atoms with Crippen molar-refractivity contribution in [3.63, 3.8) is 0 Å². The first kappa shape index (κ1) is 15.5. The van der Waals surface area contributed by atoms with Crippen LogP contribution in [0.2, 0.25) is 0 Å².